The monoisotopic (exact) mass is 476 g/mol. The van der Waals surface area contributed by atoms with Gasteiger partial charge in [-0.3, -0.25) is 14.8 Å². The molecule has 1 aliphatic rings. The van der Waals surface area contributed by atoms with Crippen LogP contribution in [0, 0.1) is 0 Å². The van der Waals surface area contributed by atoms with Crippen molar-refractivity contribution in [1.29, 1.82) is 0 Å². The lowest BCUT2D eigenvalue weighted by molar-refractivity contribution is 0.340. The maximum Gasteiger partial charge on any atom is 0.335 e. The molecule has 11 heteroatoms. The van der Waals surface area contributed by atoms with Gasteiger partial charge in [-0.2, -0.15) is 0 Å². The van der Waals surface area contributed by atoms with Gasteiger partial charge in [0.1, 0.15) is 11.3 Å². The SMILES string of the molecule is CCOc1ccc(-n2c(O)c(C=Nc3cc4[nH]c(=O)[nH]c4cc3N3CCCC3)c(=O)[nH]c2=O)cc1. The Morgan fingerprint density at radius 3 is 2.40 bits per heavy atom. The molecule has 0 amide bonds. The minimum absolute atomic E-state index is 0.173. The van der Waals surface area contributed by atoms with Gasteiger partial charge in [0, 0.05) is 19.3 Å². The zero-order valence-electron chi connectivity index (χ0n) is 19.0. The fourth-order valence-electron chi connectivity index (χ4n) is 4.26. The number of nitrogens with one attached hydrogen (secondary N) is 3. The molecule has 0 bridgehead atoms. The molecule has 4 N–H and O–H groups in total. The van der Waals surface area contributed by atoms with Crippen LogP contribution in [0.4, 0.5) is 11.4 Å². The van der Waals surface area contributed by atoms with Crippen molar-refractivity contribution in [2.45, 2.75) is 19.8 Å². The smallest absolute Gasteiger partial charge is 0.335 e. The number of benzene rings is 2. The largest absolute Gasteiger partial charge is 0.494 e. The number of H-pyrrole nitrogens is 3. The van der Waals surface area contributed by atoms with Gasteiger partial charge in [0.15, 0.2) is 0 Å². The highest BCUT2D eigenvalue weighted by molar-refractivity contribution is 5.91. The van der Waals surface area contributed by atoms with Gasteiger partial charge in [0.2, 0.25) is 5.88 Å². The number of aromatic nitrogens is 4. The van der Waals surface area contributed by atoms with E-state index in [4.69, 9.17) is 4.74 Å². The summed E-state index contributed by atoms with van der Waals surface area (Å²) in [5.74, 6) is 0.0770. The average Bonchev–Trinajstić information content (AvgIpc) is 3.48. The van der Waals surface area contributed by atoms with Crippen LogP contribution in [0.2, 0.25) is 0 Å². The lowest BCUT2D eigenvalue weighted by Crippen LogP contribution is -2.31. The van der Waals surface area contributed by atoms with Crippen molar-refractivity contribution >= 4 is 28.6 Å². The summed E-state index contributed by atoms with van der Waals surface area (Å²) < 4.78 is 6.41. The molecule has 1 saturated heterocycles. The molecule has 0 radical (unpaired) electrons. The maximum atomic E-state index is 12.6. The van der Waals surface area contributed by atoms with Gasteiger partial charge >= 0.3 is 11.4 Å². The first kappa shape index (κ1) is 22.3. The van der Waals surface area contributed by atoms with Crippen molar-refractivity contribution in [2.75, 3.05) is 24.6 Å². The molecule has 180 valence electrons. The van der Waals surface area contributed by atoms with Gasteiger partial charge in [-0.1, -0.05) is 0 Å². The molecule has 11 nitrogen and oxygen atoms in total. The van der Waals surface area contributed by atoms with Crippen molar-refractivity contribution in [3.8, 4) is 17.3 Å². The van der Waals surface area contributed by atoms with E-state index in [0.717, 1.165) is 36.2 Å². The lowest BCUT2D eigenvalue weighted by Gasteiger charge is -2.19. The number of anilines is 1. The highest BCUT2D eigenvalue weighted by atomic mass is 16.5. The predicted octanol–water partition coefficient (Wildman–Crippen LogP) is 2.15. The fraction of sp³-hybridized carbons (Fsp3) is 0.250. The minimum Gasteiger partial charge on any atom is -0.494 e. The molecular weight excluding hydrogens is 452 g/mol. The molecule has 1 aliphatic heterocycles. The minimum atomic E-state index is -0.780. The van der Waals surface area contributed by atoms with Gasteiger partial charge < -0.3 is 24.7 Å². The van der Waals surface area contributed by atoms with Gasteiger partial charge in [-0.15, -0.1) is 0 Å². The number of hydrogen-bond acceptors (Lipinski definition) is 7. The van der Waals surface area contributed by atoms with E-state index in [1.807, 2.05) is 13.0 Å². The first-order valence-electron chi connectivity index (χ1n) is 11.3. The first-order chi connectivity index (χ1) is 16.9. The standard InChI is InChI=1S/C24H24N6O5/c1-2-35-15-7-5-14(6-8-15)30-22(32)16(21(31)28-24(30)34)13-25-19-11-17-18(27-23(33)26-17)12-20(19)29-9-3-4-10-29/h5-8,11-13,32H,2-4,9-10H2,1H3,(H2,26,27,33)(H,28,31,34). The topological polar surface area (TPSA) is 149 Å². The predicted molar refractivity (Wildman–Crippen MR) is 133 cm³/mol. The fourth-order valence-corrected chi connectivity index (χ4v) is 4.26. The van der Waals surface area contributed by atoms with Crippen molar-refractivity contribution in [1.82, 2.24) is 19.5 Å². The zero-order chi connectivity index (χ0) is 24.5. The van der Waals surface area contributed by atoms with Crippen molar-refractivity contribution < 1.29 is 9.84 Å². The Bertz CT molecular complexity index is 1590. The molecule has 1 fully saturated rings. The number of aliphatic imine (C=N–C) groups is 1. The summed E-state index contributed by atoms with van der Waals surface area (Å²) in [6.07, 6.45) is 3.31. The van der Waals surface area contributed by atoms with Crippen LogP contribution in [0.15, 0.2) is 55.8 Å². The van der Waals surface area contributed by atoms with Crippen LogP contribution in [0.3, 0.4) is 0 Å². The maximum absolute atomic E-state index is 12.6. The number of aromatic hydroxyl groups is 1. The summed E-state index contributed by atoms with van der Waals surface area (Å²) in [7, 11) is 0. The molecule has 4 aromatic rings. The van der Waals surface area contributed by atoms with E-state index < -0.39 is 17.1 Å². The lowest BCUT2D eigenvalue weighted by atomic mass is 10.2. The molecular formula is C24H24N6O5. The second-order valence-electron chi connectivity index (χ2n) is 8.18. The summed E-state index contributed by atoms with van der Waals surface area (Å²) in [6.45, 7) is 4.04. The van der Waals surface area contributed by atoms with E-state index in [9.17, 15) is 19.5 Å². The van der Waals surface area contributed by atoms with Crippen LogP contribution in [-0.4, -0.2) is 50.5 Å². The normalized spacial score (nSPS) is 13.8. The van der Waals surface area contributed by atoms with Gasteiger partial charge in [0.05, 0.1) is 34.7 Å². The molecule has 2 aromatic heterocycles. The first-order valence-corrected chi connectivity index (χ1v) is 11.3. The number of rotatable bonds is 6. The third-order valence-electron chi connectivity index (χ3n) is 5.92. The Morgan fingerprint density at radius 2 is 1.71 bits per heavy atom. The Labute approximate surface area is 198 Å². The van der Waals surface area contributed by atoms with E-state index in [0.29, 0.717) is 34.8 Å². The van der Waals surface area contributed by atoms with Crippen LogP contribution in [0.25, 0.3) is 16.7 Å². The molecule has 0 saturated carbocycles. The Hall–Kier alpha value is -4.54. The summed E-state index contributed by atoms with van der Waals surface area (Å²) in [5, 5.41) is 10.9. The molecule has 0 unspecified atom stereocenters. The third kappa shape index (κ3) is 4.23. The van der Waals surface area contributed by atoms with Gasteiger partial charge in [0.25, 0.3) is 5.56 Å². The molecule has 3 heterocycles. The third-order valence-corrected chi connectivity index (χ3v) is 5.92. The molecule has 35 heavy (non-hydrogen) atoms. The van der Waals surface area contributed by atoms with Crippen molar-refractivity contribution in [3.05, 3.63) is 73.3 Å². The zero-order valence-corrected chi connectivity index (χ0v) is 19.0. The molecule has 0 atom stereocenters. The highest BCUT2D eigenvalue weighted by Gasteiger charge is 2.19. The molecule has 5 rings (SSSR count). The number of fused-ring (bicyclic) bond motifs is 1. The van der Waals surface area contributed by atoms with Gasteiger partial charge in [-0.25, -0.2) is 14.2 Å². The quantitative estimate of drug-likeness (QED) is 0.313. The molecule has 0 aliphatic carbocycles. The molecule has 2 aromatic carbocycles. The van der Waals surface area contributed by atoms with E-state index in [-0.39, 0.29) is 11.3 Å². The average molecular weight is 476 g/mol. The second-order valence-corrected chi connectivity index (χ2v) is 8.18. The Morgan fingerprint density at radius 1 is 1.03 bits per heavy atom. The summed E-state index contributed by atoms with van der Waals surface area (Å²) in [4.78, 5) is 51.2. The second kappa shape index (κ2) is 9.01. The number of nitrogens with zero attached hydrogens (tertiary/aromatic N) is 3. The Kier molecular flexibility index (Phi) is 5.73. The van der Waals surface area contributed by atoms with E-state index in [1.54, 1.807) is 30.3 Å². The number of hydrogen-bond donors (Lipinski definition) is 4. The van der Waals surface area contributed by atoms with Crippen LogP contribution in [0.1, 0.15) is 25.3 Å². The number of ether oxygens (including phenoxy) is 1. The number of aromatic amines is 3. The van der Waals surface area contributed by atoms with Crippen molar-refractivity contribution in [2.24, 2.45) is 4.99 Å². The van der Waals surface area contributed by atoms with Crippen molar-refractivity contribution in [3.63, 3.8) is 0 Å². The summed E-state index contributed by atoms with van der Waals surface area (Å²) >= 11 is 0. The van der Waals surface area contributed by atoms with Crippen LogP contribution >= 0.6 is 0 Å². The number of imidazole rings is 1. The van der Waals surface area contributed by atoms with E-state index in [1.165, 1.54) is 6.21 Å². The van der Waals surface area contributed by atoms with Crippen LogP contribution in [-0.2, 0) is 0 Å². The summed E-state index contributed by atoms with van der Waals surface area (Å²) in [6, 6.07) is 10.1. The van der Waals surface area contributed by atoms with Gasteiger partial charge in [-0.05, 0) is 56.2 Å². The van der Waals surface area contributed by atoms with Crippen LogP contribution in [0.5, 0.6) is 11.6 Å². The Balaban J connectivity index is 1.59. The van der Waals surface area contributed by atoms with E-state index in [2.05, 4.69) is 24.8 Å². The van der Waals surface area contributed by atoms with Crippen LogP contribution < -0.4 is 26.6 Å². The van der Waals surface area contributed by atoms with E-state index >= 15 is 0 Å². The highest BCUT2D eigenvalue weighted by Crippen LogP contribution is 2.34. The summed E-state index contributed by atoms with van der Waals surface area (Å²) in [5.41, 5.74) is 0.854. The molecule has 0 spiro atoms.